The van der Waals surface area contributed by atoms with Crippen LogP contribution in [0.2, 0.25) is 0 Å². The maximum atomic E-state index is 13.2. The fourth-order valence-corrected chi connectivity index (χ4v) is 3.67. The van der Waals surface area contributed by atoms with Crippen LogP contribution in [0, 0.1) is 0 Å². The maximum Gasteiger partial charge on any atom is 0.281 e. The minimum absolute atomic E-state index is 0.466. The van der Waals surface area contributed by atoms with Gasteiger partial charge in [0, 0.05) is 31.7 Å². The van der Waals surface area contributed by atoms with Crippen LogP contribution in [-0.2, 0) is 10.4 Å². The lowest BCUT2D eigenvalue weighted by atomic mass is 9.85. The fraction of sp³-hybridized carbons (Fsp3) is 0.111. The van der Waals surface area contributed by atoms with Gasteiger partial charge in [0.25, 0.3) is 5.91 Å². The third-order valence-electron chi connectivity index (χ3n) is 5.50. The number of aliphatic hydroxyl groups is 1. The van der Waals surface area contributed by atoms with Crippen LogP contribution in [0.4, 0.5) is 5.69 Å². The highest BCUT2D eigenvalue weighted by Crippen LogP contribution is 2.29. The molecule has 1 heterocycles. The molecule has 4 rings (SSSR count). The van der Waals surface area contributed by atoms with E-state index in [-0.39, 0.29) is 0 Å². The number of amides is 1. The molecular weight excluding hydrogens is 412 g/mol. The van der Waals surface area contributed by atoms with E-state index < -0.39 is 11.5 Å². The van der Waals surface area contributed by atoms with Gasteiger partial charge in [0.15, 0.2) is 5.60 Å². The third-order valence-corrected chi connectivity index (χ3v) is 5.50. The molecule has 0 fully saturated rings. The zero-order valence-electron chi connectivity index (χ0n) is 18.6. The smallest absolute Gasteiger partial charge is 0.281 e. The number of carbonyl (C=O) groups is 1. The average molecular weight is 439 g/mol. The normalized spacial score (nSPS) is 11.5. The molecule has 166 valence electrons. The Bertz CT molecular complexity index is 1190. The molecule has 0 radical (unpaired) electrons. The first kappa shape index (κ1) is 22.0. The van der Waals surface area contributed by atoms with Gasteiger partial charge in [-0.05, 0) is 47.5 Å². The Kier molecular flexibility index (Phi) is 6.38. The summed E-state index contributed by atoms with van der Waals surface area (Å²) < 4.78 is 1.97. The molecule has 0 saturated heterocycles. The van der Waals surface area contributed by atoms with E-state index in [0.29, 0.717) is 11.1 Å². The van der Waals surface area contributed by atoms with Gasteiger partial charge in [0.05, 0.1) is 11.9 Å². The quantitative estimate of drug-likeness (QED) is 0.339. The number of hydrogen-bond acceptors (Lipinski definition) is 4. The van der Waals surface area contributed by atoms with Crippen molar-refractivity contribution in [3.8, 4) is 5.69 Å². The predicted molar refractivity (Wildman–Crippen MR) is 132 cm³/mol. The molecule has 3 aromatic carbocycles. The Labute approximate surface area is 193 Å². The lowest BCUT2D eigenvalue weighted by Gasteiger charge is -2.27. The molecule has 0 atom stereocenters. The lowest BCUT2D eigenvalue weighted by Crippen LogP contribution is -2.43. The summed E-state index contributed by atoms with van der Waals surface area (Å²) in [6.07, 6.45) is 3.49. The van der Waals surface area contributed by atoms with Crippen molar-refractivity contribution in [2.45, 2.75) is 5.60 Å². The molecule has 0 bridgehead atoms. The molecule has 0 aliphatic carbocycles. The van der Waals surface area contributed by atoms with Crippen molar-refractivity contribution in [2.24, 2.45) is 5.10 Å². The van der Waals surface area contributed by atoms with Crippen LogP contribution in [0.15, 0.2) is 108 Å². The lowest BCUT2D eigenvalue weighted by molar-refractivity contribution is -0.136. The summed E-state index contributed by atoms with van der Waals surface area (Å²) in [5, 5.41) is 15.6. The summed E-state index contributed by atoms with van der Waals surface area (Å²) >= 11 is 0. The van der Waals surface area contributed by atoms with E-state index in [0.717, 1.165) is 17.1 Å². The number of hydrazone groups is 1. The summed E-state index contributed by atoms with van der Waals surface area (Å²) in [4.78, 5) is 15.2. The molecule has 0 unspecified atom stereocenters. The second kappa shape index (κ2) is 9.54. The Hall–Kier alpha value is -4.16. The summed E-state index contributed by atoms with van der Waals surface area (Å²) in [5.74, 6) is -0.635. The van der Waals surface area contributed by atoms with Crippen molar-refractivity contribution in [3.63, 3.8) is 0 Å². The Morgan fingerprint density at radius 3 is 2.00 bits per heavy atom. The number of carbonyl (C=O) groups excluding carboxylic acids is 1. The van der Waals surface area contributed by atoms with Crippen molar-refractivity contribution in [2.75, 3.05) is 19.0 Å². The van der Waals surface area contributed by atoms with Crippen LogP contribution in [0.3, 0.4) is 0 Å². The Morgan fingerprint density at radius 1 is 0.879 bits per heavy atom. The van der Waals surface area contributed by atoms with E-state index in [9.17, 15) is 9.90 Å². The van der Waals surface area contributed by atoms with Gasteiger partial charge >= 0.3 is 0 Å². The van der Waals surface area contributed by atoms with Gasteiger partial charge in [-0.1, -0.05) is 60.7 Å². The van der Waals surface area contributed by atoms with Crippen molar-refractivity contribution >= 4 is 17.8 Å². The first-order chi connectivity index (χ1) is 16.0. The number of anilines is 1. The number of hydrogen-bond donors (Lipinski definition) is 2. The molecule has 1 amide bonds. The first-order valence-corrected chi connectivity index (χ1v) is 10.6. The summed E-state index contributed by atoms with van der Waals surface area (Å²) in [5.41, 5.74) is 4.45. The van der Waals surface area contributed by atoms with Crippen LogP contribution in [0.1, 0.15) is 16.8 Å². The van der Waals surface area contributed by atoms with Crippen molar-refractivity contribution in [1.29, 1.82) is 0 Å². The zero-order valence-corrected chi connectivity index (χ0v) is 18.6. The van der Waals surface area contributed by atoms with Crippen LogP contribution in [0.5, 0.6) is 0 Å². The van der Waals surface area contributed by atoms with E-state index in [1.165, 1.54) is 0 Å². The SMILES string of the molecule is CN(C)c1ccc(-n2cccc2/C=N\NC(=O)C(O)(c2ccccc2)c2ccccc2)cc1. The predicted octanol–water partition coefficient (Wildman–Crippen LogP) is 3.93. The number of rotatable bonds is 7. The molecule has 0 aliphatic heterocycles. The van der Waals surface area contributed by atoms with Crippen LogP contribution < -0.4 is 10.3 Å². The molecule has 4 aromatic rings. The average Bonchev–Trinajstić information content (AvgIpc) is 3.33. The second-order valence-electron chi connectivity index (χ2n) is 7.86. The van der Waals surface area contributed by atoms with Crippen LogP contribution >= 0.6 is 0 Å². The van der Waals surface area contributed by atoms with Gasteiger partial charge in [-0.15, -0.1) is 0 Å². The number of nitrogens with one attached hydrogen (secondary N) is 1. The molecular formula is C27H26N4O2. The molecule has 0 aliphatic rings. The third kappa shape index (κ3) is 4.56. The number of nitrogens with zero attached hydrogens (tertiary/aromatic N) is 3. The fourth-order valence-electron chi connectivity index (χ4n) is 3.67. The van der Waals surface area contributed by atoms with Gasteiger partial charge in [0.1, 0.15) is 0 Å². The van der Waals surface area contributed by atoms with Crippen molar-refractivity contribution < 1.29 is 9.90 Å². The Morgan fingerprint density at radius 2 is 1.45 bits per heavy atom. The first-order valence-electron chi connectivity index (χ1n) is 10.6. The van der Waals surface area contributed by atoms with Gasteiger partial charge < -0.3 is 14.6 Å². The van der Waals surface area contributed by atoms with Crippen LogP contribution in [0.25, 0.3) is 5.69 Å². The van der Waals surface area contributed by atoms with Crippen LogP contribution in [-0.4, -0.2) is 35.9 Å². The van der Waals surface area contributed by atoms with Gasteiger partial charge in [-0.25, -0.2) is 5.43 Å². The maximum absolute atomic E-state index is 13.2. The minimum atomic E-state index is -1.87. The standard InChI is InChI=1S/C27H26N4O2/c1-30(2)23-15-17-24(18-16-23)31-19-9-14-25(31)20-28-29-26(32)27(33,21-10-5-3-6-11-21)22-12-7-4-8-13-22/h3-20,33H,1-2H3,(H,29,32)/b28-20-. The topological polar surface area (TPSA) is 69.9 Å². The number of benzene rings is 3. The van der Waals surface area contributed by atoms with Crippen molar-refractivity contribution in [3.05, 3.63) is 120 Å². The highest BCUT2D eigenvalue weighted by molar-refractivity contribution is 5.91. The molecule has 33 heavy (non-hydrogen) atoms. The molecule has 1 aromatic heterocycles. The Balaban J connectivity index is 1.57. The highest BCUT2D eigenvalue weighted by atomic mass is 16.3. The summed E-state index contributed by atoms with van der Waals surface area (Å²) in [6, 6.07) is 29.6. The van der Waals surface area contributed by atoms with Crippen molar-refractivity contribution in [1.82, 2.24) is 9.99 Å². The molecule has 0 spiro atoms. The van der Waals surface area contributed by atoms with E-state index in [1.54, 1.807) is 54.7 Å². The largest absolute Gasteiger partial charge is 0.378 e. The minimum Gasteiger partial charge on any atom is -0.378 e. The monoisotopic (exact) mass is 438 g/mol. The summed E-state index contributed by atoms with van der Waals surface area (Å²) in [6.45, 7) is 0. The molecule has 6 nitrogen and oxygen atoms in total. The van der Waals surface area contributed by atoms with E-state index in [1.807, 2.05) is 78.3 Å². The van der Waals surface area contributed by atoms with E-state index >= 15 is 0 Å². The second-order valence-corrected chi connectivity index (χ2v) is 7.86. The zero-order chi connectivity index (χ0) is 23.3. The molecule has 6 heteroatoms. The summed E-state index contributed by atoms with van der Waals surface area (Å²) in [7, 11) is 4.00. The van der Waals surface area contributed by atoms with Gasteiger partial charge in [0.2, 0.25) is 0 Å². The number of aromatic nitrogens is 1. The molecule has 2 N–H and O–H groups in total. The van der Waals surface area contributed by atoms with Gasteiger partial charge in [-0.2, -0.15) is 5.10 Å². The molecule has 0 saturated carbocycles. The van der Waals surface area contributed by atoms with E-state index in [2.05, 4.69) is 10.5 Å². The van der Waals surface area contributed by atoms with Gasteiger partial charge in [-0.3, -0.25) is 4.79 Å². The van der Waals surface area contributed by atoms with E-state index in [4.69, 9.17) is 0 Å². The highest BCUT2D eigenvalue weighted by Gasteiger charge is 2.39.